The van der Waals surface area contributed by atoms with Crippen molar-refractivity contribution in [3.8, 4) is 0 Å². The predicted molar refractivity (Wildman–Crippen MR) is 77.9 cm³/mol. The van der Waals surface area contributed by atoms with Crippen molar-refractivity contribution in [2.24, 2.45) is 5.92 Å². The molecule has 0 bridgehead atoms. The monoisotopic (exact) mass is 272 g/mol. The Balaban J connectivity index is 1.91. The van der Waals surface area contributed by atoms with E-state index in [-0.39, 0.29) is 10.6 Å². The van der Waals surface area contributed by atoms with E-state index < -0.39 is 0 Å². The molecule has 6 heteroatoms. The summed E-state index contributed by atoms with van der Waals surface area (Å²) in [7, 11) is 0. The number of fused-ring (bicyclic) bond motifs is 1. The summed E-state index contributed by atoms with van der Waals surface area (Å²) in [6.07, 6.45) is 2.82. The quantitative estimate of drug-likeness (QED) is 0.658. The summed E-state index contributed by atoms with van der Waals surface area (Å²) in [5.74, 6) is 0.601. The van der Waals surface area contributed by atoms with Crippen LogP contribution in [-0.4, -0.2) is 29.5 Å². The Morgan fingerprint density at radius 2 is 2.35 bits per heavy atom. The number of nitro groups is 1. The van der Waals surface area contributed by atoms with E-state index in [1.807, 2.05) is 0 Å². The van der Waals surface area contributed by atoms with Gasteiger partial charge in [0.2, 0.25) is 0 Å². The second-order valence-electron chi connectivity index (χ2n) is 5.03. The number of hydrogen-bond acceptors (Lipinski definition) is 5. The number of nitro benzene ring substituents is 1. The van der Waals surface area contributed by atoms with E-state index in [2.05, 4.69) is 15.6 Å². The van der Waals surface area contributed by atoms with Gasteiger partial charge in [-0.15, -0.1) is 0 Å². The molecule has 1 unspecified atom stereocenters. The summed E-state index contributed by atoms with van der Waals surface area (Å²) in [5.41, 5.74) is 1.62. The predicted octanol–water partition coefficient (Wildman–Crippen LogP) is 2.16. The van der Waals surface area contributed by atoms with Crippen molar-refractivity contribution in [2.45, 2.75) is 6.42 Å². The molecular weight excluding hydrogens is 256 g/mol. The number of rotatable bonds is 4. The standard InChI is InChI=1S/C14H16N4O2/c19-18(20)13-4-3-12(14-11(13)2-1-6-16-14)17-9-10-5-7-15-8-10/h1-4,6,10,15,17H,5,7-9H2. The molecular formula is C14H16N4O2. The van der Waals surface area contributed by atoms with Gasteiger partial charge >= 0.3 is 0 Å². The highest BCUT2D eigenvalue weighted by atomic mass is 16.6. The van der Waals surface area contributed by atoms with E-state index in [0.29, 0.717) is 16.8 Å². The number of pyridine rings is 1. The number of anilines is 1. The van der Waals surface area contributed by atoms with Gasteiger partial charge < -0.3 is 10.6 Å². The molecule has 0 aliphatic carbocycles. The van der Waals surface area contributed by atoms with Crippen LogP contribution in [0.4, 0.5) is 11.4 Å². The molecule has 104 valence electrons. The maximum atomic E-state index is 11.0. The van der Waals surface area contributed by atoms with Gasteiger partial charge in [-0.25, -0.2) is 0 Å². The van der Waals surface area contributed by atoms with Crippen molar-refractivity contribution >= 4 is 22.3 Å². The largest absolute Gasteiger partial charge is 0.383 e. The van der Waals surface area contributed by atoms with Gasteiger partial charge in [0, 0.05) is 18.8 Å². The van der Waals surface area contributed by atoms with E-state index >= 15 is 0 Å². The molecule has 3 rings (SSSR count). The van der Waals surface area contributed by atoms with Crippen molar-refractivity contribution in [2.75, 3.05) is 25.0 Å². The molecule has 2 heterocycles. The first-order chi connectivity index (χ1) is 9.75. The zero-order valence-electron chi connectivity index (χ0n) is 11.0. The van der Waals surface area contributed by atoms with E-state index in [1.54, 1.807) is 30.5 Å². The third kappa shape index (κ3) is 2.42. The van der Waals surface area contributed by atoms with Crippen molar-refractivity contribution in [3.63, 3.8) is 0 Å². The Kier molecular flexibility index (Phi) is 3.47. The first-order valence-electron chi connectivity index (χ1n) is 6.72. The summed E-state index contributed by atoms with van der Waals surface area (Å²) in [5, 5.41) is 18.3. The fourth-order valence-corrected chi connectivity index (χ4v) is 2.60. The van der Waals surface area contributed by atoms with Crippen LogP contribution in [0.25, 0.3) is 10.9 Å². The molecule has 1 aromatic heterocycles. The Labute approximate surface area is 116 Å². The normalized spacial score (nSPS) is 18.3. The van der Waals surface area contributed by atoms with Crippen LogP contribution in [0.15, 0.2) is 30.5 Å². The van der Waals surface area contributed by atoms with E-state index in [1.165, 1.54) is 0 Å². The van der Waals surface area contributed by atoms with Crippen LogP contribution >= 0.6 is 0 Å². The molecule has 1 atom stereocenters. The molecule has 20 heavy (non-hydrogen) atoms. The van der Waals surface area contributed by atoms with Crippen molar-refractivity contribution in [3.05, 3.63) is 40.6 Å². The lowest BCUT2D eigenvalue weighted by Gasteiger charge is -2.12. The van der Waals surface area contributed by atoms with Gasteiger partial charge in [-0.3, -0.25) is 15.1 Å². The highest BCUT2D eigenvalue weighted by molar-refractivity contribution is 5.96. The molecule has 0 saturated carbocycles. The van der Waals surface area contributed by atoms with Gasteiger partial charge in [-0.1, -0.05) is 0 Å². The molecule has 1 aliphatic rings. The lowest BCUT2D eigenvalue weighted by atomic mass is 10.1. The lowest BCUT2D eigenvalue weighted by molar-refractivity contribution is -0.383. The number of nitrogens with one attached hydrogen (secondary N) is 2. The van der Waals surface area contributed by atoms with E-state index in [0.717, 1.165) is 31.7 Å². The number of hydrogen-bond donors (Lipinski definition) is 2. The smallest absolute Gasteiger partial charge is 0.278 e. The molecule has 1 aromatic carbocycles. The Bertz CT molecular complexity index is 638. The molecule has 1 fully saturated rings. The second-order valence-corrected chi connectivity index (χ2v) is 5.03. The SMILES string of the molecule is O=[N+]([O-])c1ccc(NCC2CCNC2)c2ncccc12. The van der Waals surface area contributed by atoms with Gasteiger partial charge in [-0.05, 0) is 43.6 Å². The Morgan fingerprint density at radius 1 is 1.45 bits per heavy atom. The van der Waals surface area contributed by atoms with Gasteiger partial charge in [0.05, 0.1) is 16.0 Å². The molecule has 0 spiro atoms. The third-order valence-electron chi connectivity index (χ3n) is 3.69. The highest BCUT2D eigenvalue weighted by Crippen LogP contribution is 2.29. The van der Waals surface area contributed by atoms with Crippen LogP contribution in [0.1, 0.15) is 6.42 Å². The Morgan fingerprint density at radius 3 is 3.10 bits per heavy atom. The molecule has 1 aliphatic heterocycles. The maximum Gasteiger partial charge on any atom is 0.278 e. The molecule has 0 radical (unpaired) electrons. The molecule has 2 N–H and O–H groups in total. The lowest BCUT2D eigenvalue weighted by Crippen LogP contribution is -2.17. The summed E-state index contributed by atoms with van der Waals surface area (Å²) >= 11 is 0. The fraction of sp³-hybridized carbons (Fsp3) is 0.357. The number of aromatic nitrogens is 1. The van der Waals surface area contributed by atoms with Gasteiger partial charge in [0.25, 0.3) is 5.69 Å². The molecule has 1 saturated heterocycles. The van der Waals surface area contributed by atoms with Crippen LogP contribution in [0.3, 0.4) is 0 Å². The van der Waals surface area contributed by atoms with E-state index in [4.69, 9.17) is 0 Å². The minimum absolute atomic E-state index is 0.0983. The number of nitrogens with zero attached hydrogens (tertiary/aromatic N) is 2. The van der Waals surface area contributed by atoms with Crippen molar-refractivity contribution < 1.29 is 4.92 Å². The topological polar surface area (TPSA) is 80.1 Å². The second kappa shape index (κ2) is 5.42. The third-order valence-corrected chi connectivity index (χ3v) is 3.69. The summed E-state index contributed by atoms with van der Waals surface area (Å²) < 4.78 is 0. The zero-order valence-corrected chi connectivity index (χ0v) is 11.0. The van der Waals surface area contributed by atoms with Gasteiger partial charge in [-0.2, -0.15) is 0 Å². The minimum atomic E-state index is -0.366. The van der Waals surface area contributed by atoms with Crippen molar-refractivity contribution in [1.29, 1.82) is 0 Å². The van der Waals surface area contributed by atoms with Gasteiger partial charge in [0.1, 0.15) is 5.52 Å². The van der Waals surface area contributed by atoms with Crippen LogP contribution < -0.4 is 10.6 Å². The first kappa shape index (κ1) is 12.8. The molecule has 2 aromatic rings. The van der Waals surface area contributed by atoms with Crippen LogP contribution in [0.5, 0.6) is 0 Å². The molecule has 6 nitrogen and oxygen atoms in total. The number of non-ortho nitro benzene ring substituents is 1. The van der Waals surface area contributed by atoms with Crippen molar-refractivity contribution in [1.82, 2.24) is 10.3 Å². The van der Waals surface area contributed by atoms with Gasteiger partial charge in [0.15, 0.2) is 0 Å². The first-order valence-corrected chi connectivity index (χ1v) is 6.72. The number of benzene rings is 1. The summed E-state index contributed by atoms with van der Waals surface area (Å²) in [6.45, 7) is 2.94. The highest BCUT2D eigenvalue weighted by Gasteiger charge is 2.17. The minimum Gasteiger partial charge on any atom is -0.383 e. The van der Waals surface area contributed by atoms with Crippen LogP contribution in [-0.2, 0) is 0 Å². The zero-order chi connectivity index (χ0) is 13.9. The van der Waals surface area contributed by atoms with E-state index in [9.17, 15) is 10.1 Å². The van der Waals surface area contributed by atoms with Crippen LogP contribution in [0.2, 0.25) is 0 Å². The Hall–Kier alpha value is -2.21. The molecule has 0 amide bonds. The average molecular weight is 272 g/mol. The van der Waals surface area contributed by atoms with Crippen LogP contribution in [0, 0.1) is 16.0 Å². The maximum absolute atomic E-state index is 11.0. The average Bonchev–Trinajstić information content (AvgIpc) is 2.97. The summed E-state index contributed by atoms with van der Waals surface area (Å²) in [6, 6.07) is 6.75. The fourth-order valence-electron chi connectivity index (χ4n) is 2.60. The summed E-state index contributed by atoms with van der Waals surface area (Å²) in [4.78, 5) is 15.0.